The van der Waals surface area contributed by atoms with Crippen molar-refractivity contribution < 1.29 is 53.8 Å². The first-order chi connectivity index (χ1) is 17.8. The molecule has 0 spiro atoms. The van der Waals surface area contributed by atoms with Crippen molar-refractivity contribution in [3.63, 3.8) is 0 Å². The van der Waals surface area contributed by atoms with Crippen LogP contribution in [0.1, 0.15) is 47.5 Å². The molecule has 3 aliphatic rings. The fourth-order valence-electron chi connectivity index (χ4n) is 5.12. The van der Waals surface area contributed by atoms with Gasteiger partial charge in [-0.25, -0.2) is 0 Å². The van der Waals surface area contributed by atoms with Gasteiger partial charge in [-0.3, -0.25) is 14.4 Å². The summed E-state index contributed by atoms with van der Waals surface area (Å²) in [7, 11) is 0. The quantitative estimate of drug-likeness (QED) is 0.177. The van der Waals surface area contributed by atoms with Crippen LogP contribution in [0, 0.1) is 11.8 Å². The zero-order valence-corrected chi connectivity index (χ0v) is 22.5. The summed E-state index contributed by atoms with van der Waals surface area (Å²) in [4.78, 5) is 36.4. The number of Topliss-reactive ketones (excluding diaryl/α,β-unsaturated/α-hetero) is 1. The average molecular weight is 547 g/mol. The van der Waals surface area contributed by atoms with Crippen LogP contribution in [0.5, 0.6) is 0 Å². The maximum absolute atomic E-state index is 13.1. The zero-order valence-electron chi connectivity index (χ0n) is 22.5. The minimum Gasteiger partial charge on any atom is -0.394 e. The van der Waals surface area contributed by atoms with Crippen molar-refractivity contribution in [3.05, 3.63) is 0 Å². The molecule has 0 bridgehead atoms. The summed E-state index contributed by atoms with van der Waals surface area (Å²) < 4.78 is 23.4. The Balaban J connectivity index is 1.84. The fourth-order valence-corrected chi connectivity index (χ4v) is 5.12. The molecular weight excluding hydrogens is 504 g/mol. The molecular formula is C25H42N2O11. The molecule has 218 valence electrons. The van der Waals surface area contributed by atoms with Gasteiger partial charge < -0.3 is 50.0 Å². The minimum atomic E-state index is -1.68. The minimum absolute atomic E-state index is 0.0150. The SMILES string of the molecule is CC(=O)NC1C(C(C)C)OC(CO)C(O)C1OC1OC(C(=O)NCC2CC(=O)C2)C(OC(C)C)C(O)C1O. The van der Waals surface area contributed by atoms with E-state index in [0.29, 0.717) is 12.8 Å². The number of rotatable bonds is 10. The van der Waals surface area contributed by atoms with Gasteiger partial charge in [-0.1, -0.05) is 13.8 Å². The zero-order chi connectivity index (χ0) is 28.3. The van der Waals surface area contributed by atoms with E-state index in [-0.39, 0.29) is 24.2 Å². The maximum atomic E-state index is 13.1. The van der Waals surface area contributed by atoms with E-state index in [9.17, 15) is 34.8 Å². The number of aliphatic hydroxyl groups excluding tert-OH is 4. The molecule has 10 unspecified atom stereocenters. The molecule has 0 aromatic carbocycles. The normalized spacial score (nSPS) is 38.2. The number of carbonyl (C=O) groups excluding carboxylic acids is 3. The Morgan fingerprint density at radius 2 is 1.68 bits per heavy atom. The lowest BCUT2D eigenvalue weighted by Gasteiger charge is -2.49. The number of carbonyl (C=O) groups is 3. The average Bonchev–Trinajstić information content (AvgIpc) is 2.81. The van der Waals surface area contributed by atoms with Crippen LogP contribution in [0.15, 0.2) is 0 Å². The third kappa shape index (κ3) is 7.07. The number of hydrogen-bond donors (Lipinski definition) is 6. The van der Waals surface area contributed by atoms with Gasteiger partial charge in [0.25, 0.3) is 5.91 Å². The lowest BCUT2D eigenvalue weighted by Crippen LogP contribution is -2.69. The fraction of sp³-hybridized carbons (Fsp3) is 0.880. The highest BCUT2D eigenvalue weighted by molar-refractivity contribution is 5.85. The van der Waals surface area contributed by atoms with Crippen LogP contribution in [0.4, 0.5) is 0 Å². The first-order valence-electron chi connectivity index (χ1n) is 13.2. The highest BCUT2D eigenvalue weighted by atomic mass is 16.7. The van der Waals surface area contributed by atoms with Gasteiger partial charge in [0, 0.05) is 26.3 Å². The van der Waals surface area contributed by atoms with Crippen LogP contribution in [-0.2, 0) is 33.3 Å². The Hall–Kier alpha value is -1.71. The van der Waals surface area contributed by atoms with Crippen LogP contribution < -0.4 is 10.6 Å². The van der Waals surface area contributed by atoms with Crippen molar-refractivity contribution in [2.45, 2.75) is 115 Å². The Kier molecular flexibility index (Phi) is 10.6. The Morgan fingerprint density at radius 1 is 1.03 bits per heavy atom. The van der Waals surface area contributed by atoms with Gasteiger partial charge >= 0.3 is 0 Å². The second kappa shape index (κ2) is 13.1. The van der Waals surface area contributed by atoms with Crippen LogP contribution in [0.3, 0.4) is 0 Å². The standard InChI is InChI=1S/C25H42N2O11/c1-10(2)20-16(27-12(5)29)21(17(31)15(9-28)36-20)37-25-19(33)18(32)22(35-11(3)4)23(38-25)24(34)26-8-13-6-14(30)7-13/h10-11,13,15-23,25,28,31-33H,6-9H2,1-5H3,(H,26,34)(H,27,29). The lowest BCUT2D eigenvalue weighted by atomic mass is 9.84. The Morgan fingerprint density at radius 3 is 2.21 bits per heavy atom. The number of aliphatic hydroxyl groups is 4. The van der Waals surface area contributed by atoms with Crippen molar-refractivity contribution in [1.29, 1.82) is 0 Å². The third-order valence-electron chi connectivity index (χ3n) is 7.09. The van der Waals surface area contributed by atoms with E-state index in [1.54, 1.807) is 13.8 Å². The van der Waals surface area contributed by atoms with Gasteiger partial charge in [0.05, 0.1) is 24.9 Å². The predicted octanol–water partition coefficient (Wildman–Crippen LogP) is -2.01. The molecule has 10 atom stereocenters. The summed E-state index contributed by atoms with van der Waals surface area (Å²) >= 11 is 0. The molecule has 2 aliphatic heterocycles. The third-order valence-corrected chi connectivity index (χ3v) is 7.09. The van der Waals surface area contributed by atoms with Gasteiger partial charge in [0.15, 0.2) is 12.4 Å². The summed E-state index contributed by atoms with van der Waals surface area (Å²) in [6.45, 7) is 8.07. The number of hydrogen-bond acceptors (Lipinski definition) is 11. The molecule has 2 saturated heterocycles. The van der Waals surface area contributed by atoms with E-state index < -0.39 is 85.7 Å². The van der Waals surface area contributed by atoms with E-state index in [4.69, 9.17) is 18.9 Å². The molecule has 13 nitrogen and oxygen atoms in total. The second-order valence-corrected chi connectivity index (χ2v) is 11.0. The summed E-state index contributed by atoms with van der Waals surface area (Å²) in [6.07, 6.45) is -11.5. The van der Waals surface area contributed by atoms with E-state index in [1.165, 1.54) is 6.92 Å². The number of amides is 2. The largest absolute Gasteiger partial charge is 0.394 e. The molecule has 0 aromatic heterocycles. The molecule has 1 aliphatic carbocycles. The van der Waals surface area contributed by atoms with Gasteiger partial charge in [-0.15, -0.1) is 0 Å². The summed E-state index contributed by atoms with van der Waals surface area (Å²) in [5.41, 5.74) is 0. The molecule has 2 amide bonds. The van der Waals surface area contributed by atoms with Crippen LogP contribution in [0.2, 0.25) is 0 Å². The molecule has 3 fully saturated rings. The predicted molar refractivity (Wildman–Crippen MR) is 130 cm³/mol. The first-order valence-corrected chi connectivity index (χ1v) is 13.2. The highest BCUT2D eigenvalue weighted by Crippen LogP contribution is 2.32. The van der Waals surface area contributed by atoms with E-state index in [0.717, 1.165) is 0 Å². The van der Waals surface area contributed by atoms with Crippen molar-refractivity contribution in [1.82, 2.24) is 10.6 Å². The Bertz CT molecular complexity index is 832. The van der Waals surface area contributed by atoms with Crippen molar-refractivity contribution in [2.24, 2.45) is 11.8 Å². The lowest BCUT2D eigenvalue weighted by molar-refractivity contribution is -0.331. The second-order valence-electron chi connectivity index (χ2n) is 11.0. The van der Waals surface area contributed by atoms with Gasteiger partial charge in [-0.05, 0) is 25.7 Å². The van der Waals surface area contributed by atoms with Crippen LogP contribution >= 0.6 is 0 Å². The molecule has 0 aromatic rings. The molecule has 38 heavy (non-hydrogen) atoms. The van der Waals surface area contributed by atoms with Crippen molar-refractivity contribution >= 4 is 17.6 Å². The van der Waals surface area contributed by atoms with Crippen molar-refractivity contribution in [3.8, 4) is 0 Å². The monoisotopic (exact) mass is 546 g/mol. The summed E-state index contributed by atoms with van der Waals surface area (Å²) in [5.74, 6) is -1.07. The van der Waals surface area contributed by atoms with Crippen LogP contribution in [-0.4, -0.2) is 118 Å². The number of nitrogens with one attached hydrogen (secondary N) is 2. The van der Waals surface area contributed by atoms with Crippen LogP contribution in [0.25, 0.3) is 0 Å². The van der Waals surface area contributed by atoms with Crippen molar-refractivity contribution in [2.75, 3.05) is 13.2 Å². The first kappa shape index (κ1) is 30.8. The highest BCUT2D eigenvalue weighted by Gasteiger charge is 2.53. The molecule has 3 rings (SSSR count). The maximum Gasteiger partial charge on any atom is 0.252 e. The van der Waals surface area contributed by atoms with E-state index in [1.807, 2.05) is 13.8 Å². The van der Waals surface area contributed by atoms with Gasteiger partial charge in [0.2, 0.25) is 5.91 Å². The molecule has 0 radical (unpaired) electrons. The Labute approximate surface area is 222 Å². The topological polar surface area (TPSA) is 193 Å². The van der Waals surface area contributed by atoms with E-state index in [2.05, 4.69) is 10.6 Å². The summed E-state index contributed by atoms with van der Waals surface area (Å²) in [5, 5.41) is 48.0. The van der Waals surface area contributed by atoms with Gasteiger partial charge in [-0.2, -0.15) is 0 Å². The summed E-state index contributed by atoms with van der Waals surface area (Å²) in [6, 6.07) is -0.897. The van der Waals surface area contributed by atoms with E-state index >= 15 is 0 Å². The van der Waals surface area contributed by atoms with Gasteiger partial charge in [0.1, 0.15) is 42.4 Å². The molecule has 2 heterocycles. The molecule has 13 heteroatoms. The smallest absolute Gasteiger partial charge is 0.252 e. The number of ketones is 1. The molecule has 6 N–H and O–H groups in total. The number of ether oxygens (including phenoxy) is 4. The molecule has 1 saturated carbocycles.